The Kier molecular flexibility index (Phi) is 6.53. The topological polar surface area (TPSA) is 81.1 Å². The van der Waals surface area contributed by atoms with Gasteiger partial charge in [-0.05, 0) is 29.1 Å². The number of fused-ring (bicyclic) bond motifs is 1. The van der Waals surface area contributed by atoms with Crippen LogP contribution in [0.25, 0.3) is 0 Å². The molecule has 3 N–H and O–H groups in total. The second-order valence-electron chi connectivity index (χ2n) is 6.64. The number of ether oxygens (including phenoxy) is 2. The lowest BCUT2D eigenvalue weighted by atomic mass is 9.91. The van der Waals surface area contributed by atoms with E-state index in [4.69, 9.17) is 9.47 Å². The van der Waals surface area contributed by atoms with Crippen molar-refractivity contribution in [1.82, 2.24) is 10.6 Å². The zero-order valence-electron chi connectivity index (χ0n) is 16.3. The number of benzene rings is 1. The van der Waals surface area contributed by atoms with E-state index in [0.29, 0.717) is 12.3 Å². The Balaban J connectivity index is 1.88. The Labute approximate surface area is 168 Å². The summed E-state index contributed by atoms with van der Waals surface area (Å²) in [5.74, 6) is 1.06. The van der Waals surface area contributed by atoms with Gasteiger partial charge in [0.25, 0.3) is 5.91 Å². The third kappa shape index (κ3) is 4.28. The van der Waals surface area contributed by atoms with Crippen molar-refractivity contribution in [2.45, 2.75) is 12.5 Å². The van der Waals surface area contributed by atoms with E-state index < -0.39 is 0 Å². The van der Waals surface area contributed by atoms with Crippen molar-refractivity contribution in [3.8, 4) is 11.5 Å². The number of rotatable bonds is 7. The number of hydrogen-bond acceptors (Lipinski definition) is 5. The molecule has 0 bridgehead atoms. The van der Waals surface area contributed by atoms with Crippen molar-refractivity contribution in [3.05, 3.63) is 45.6 Å². The van der Waals surface area contributed by atoms with E-state index in [9.17, 15) is 9.59 Å². The van der Waals surface area contributed by atoms with E-state index >= 15 is 0 Å². The summed E-state index contributed by atoms with van der Waals surface area (Å²) in [4.78, 5) is 26.2. The highest BCUT2D eigenvalue weighted by Crippen LogP contribution is 2.36. The molecule has 0 saturated carbocycles. The van der Waals surface area contributed by atoms with Crippen LogP contribution in [0.5, 0.6) is 11.5 Å². The van der Waals surface area contributed by atoms with Gasteiger partial charge in [0.2, 0.25) is 5.91 Å². The molecule has 150 valence electrons. The summed E-state index contributed by atoms with van der Waals surface area (Å²) >= 11 is 1.68. The lowest BCUT2D eigenvalue weighted by Gasteiger charge is -2.34. The highest BCUT2D eigenvalue weighted by Gasteiger charge is 2.35. The number of nitrogens with one attached hydrogen (secondary N) is 3. The molecule has 1 aliphatic heterocycles. The van der Waals surface area contributed by atoms with Crippen LogP contribution in [0.4, 0.5) is 0 Å². The van der Waals surface area contributed by atoms with E-state index in [1.807, 2.05) is 23.6 Å². The van der Waals surface area contributed by atoms with Gasteiger partial charge < -0.3 is 25.0 Å². The SMILES string of the molecule is CNC(=O)CNC(=O)C[NH+]1CCc2cc(OC)c(OC)cc2[C@@H]1c1cccs1. The lowest BCUT2D eigenvalue weighted by Crippen LogP contribution is -3.14. The number of carbonyl (C=O) groups excluding carboxylic acids is 2. The first-order valence-corrected chi connectivity index (χ1v) is 10.0. The van der Waals surface area contributed by atoms with Gasteiger partial charge in [-0.2, -0.15) is 0 Å². The number of methoxy groups -OCH3 is 2. The molecule has 0 radical (unpaired) electrons. The van der Waals surface area contributed by atoms with Gasteiger partial charge in [-0.25, -0.2) is 0 Å². The predicted octanol–water partition coefficient (Wildman–Crippen LogP) is 0.158. The summed E-state index contributed by atoms with van der Waals surface area (Å²) in [6.45, 7) is 1.11. The van der Waals surface area contributed by atoms with Gasteiger partial charge in [-0.1, -0.05) is 6.07 Å². The Bertz CT molecular complexity index is 838. The molecule has 0 aliphatic carbocycles. The lowest BCUT2D eigenvalue weighted by molar-refractivity contribution is -0.919. The number of amides is 2. The van der Waals surface area contributed by atoms with Gasteiger partial charge in [0.1, 0.15) is 6.04 Å². The Morgan fingerprint density at radius 3 is 2.61 bits per heavy atom. The maximum Gasteiger partial charge on any atom is 0.275 e. The van der Waals surface area contributed by atoms with Crippen molar-refractivity contribution in [2.24, 2.45) is 0 Å². The molecule has 1 unspecified atom stereocenters. The van der Waals surface area contributed by atoms with Crippen molar-refractivity contribution in [3.63, 3.8) is 0 Å². The zero-order chi connectivity index (χ0) is 20.1. The first-order chi connectivity index (χ1) is 13.6. The van der Waals surface area contributed by atoms with Crippen LogP contribution in [0.15, 0.2) is 29.6 Å². The molecule has 0 spiro atoms. The van der Waals surface area contributed by atoms with Crippen LogP contribution < -0.4 is 25.0 Å². The van der Waals surface area contributed by atoms with Crippen LogP contribution in [0.3, 0.4) is 0 Å². The summed E-state index contributed by atoms with van der Waals surface area (Å²) in [5, 5.41) is 7.25. The highest BCUT2D eigenvalue weighted by molar-refractivity contribution is 7.10. The summed E-state index contributed by atoms with van der Waals surface area (Å²) < 4.78 is 11.0. The van der Waals surface area contributed by atoms with Crippen LogP contribution in [-0.2, 0) is 16.0 Å². The van der Waals surface area contributed by atoms with Crippen LogP contribution in [0.1, 0.15) is 22.0 Å². The maximum absolute atomic E-state index is 12.4. The summed E-state index contributed by atoms with van der Waals surface area (Å²) in [6, 6.07) is 8.23. The van der Waals surface area contributed by atoms with Crippen LogP contribution >= 0.6 is 11.3 Å². The quantitative estimate of drug-likeness (QED) is 0.614. The molecule has 8 heteroatoms. The molecule has 2 heterocycles. The van der Waals surface area contributed by atoms with Crippen LogP contribution in [-0.4, -0.2) is 52.7 Å². The monoisotopic (exact) mass is 404 g/mol. The fraction of sp³-hybridized carbons (Fsp3) is 0.400. The minimum Gasteiger partial charge on any atom is -0.493 e. The van der Waals surface area contributed by atoms with Crippen LogP contribution in [0.2, 0.25) is 0 Å². The van der Waals surface area contributed by atoms with E-state index in [2.05, 4.69) is 16.7 Å². The molecule has 1 aliphatic rings. The average molecular weight is 405 g/mol. The Hall–Kier alpha value is -2.58. The molecular weight excluding hydrogens is 378 g/mol. The first-order valence-electron chi connectivity index (χ1n) is 9.17. The van der Waals surface area contributed by atoms with Gasteiger partial charge in [0.15, 0.2) is 18.0 Å². The van der Waals surface area contributed by atoms with Gasteiger partial charge in [-0.3, -0.25) is 9.59 Å². The van der Waals surface area contributed by atoms with E-state index in [0.717, 1.165) is 29.2 Å². The third-order valence-electron chi connectivity index (χ3n) is 5.02. The number of quaternary nitrogens is 1. The average Bonchev–Trinajstić information content (AvgIpc) is 3.24. The first kappa shape index (κ1) is 20.2. The second kappa shape index (κ2) is 9.07. The normalized spacial score (nSPS) is 18.1. The van der Waals surface area contributed by atoms with Gasteiger partial charge in [-0.15, -0.1) is 11.3 Å². The molecule has 2 amide bonds. The van der Waals surface area contributed by atoms with E-state index in [1.165, 1.54) is 10.4 Å². The molecule has 28 heavy (non-hydrogen) atoms. The van der Waals surface area contributed by atoms with Crippen molar-refractivity contribution >= 4 is 23.2 Å². The van der Waals surface area contributed by atoms with Gasteiger partial charge in [0, 0.05) is 19.0 Å². The van der Waals surface area contributed by atoms with Crippen LogP contribution in [0, 0.1) is 0 Å². The minimum absolute atomic E-state index is 0.00606. The number of hydrogen-bond donors (Lipinski definition) is 3. The molecule has 2 aromatic rings. The van der Waals surface area contributed by atoms with Gasteiger partial charge in [0.05, 0.1) is 32.2 Å². The largest absolute Gasteiger partial charge is 0.493 e. The van der Waals surface area contributed by atoms with E-state index in [-0.39, 0.29) is 24.4 Å². The standard InChI is InChI=1S/C20H25N3O4S/c1-21-18(24)11-22-19(25)12-23-7-6-13-9-15(26-2)16(27-3)10-14(13)20(23)17-5-4-8-28-17/h4-5,8-10,20H,6-7,11-12H2,1-3H3,(H,21,24)(H,22,25)/p+1/t20-/m1/s1. The predicted molar refractivity (Wildman–Crippen MR) is 107 cm³/mol. The number of thiophene rings is 1. The molecule has 7 nitrogen and oxygen atoms in total. The number of likely N-dealkylation sites (N-methyl/N-ethyl adjacent to an activating group) is 1. The molecule has 0 saturated heterocycles. The fourth-order valence-corrected chi connectivity index (χ4v) is 4.52. The third-order valence-corrected chi connectivity index (χ3v) is 5.96. The zero-order valence-corrected chi connectivity index (χ0v) is 17.2. The molecule has 1 aromatic heterocycles. The molecule has 1 aromatic carbocycles. The second-order valence-corrected chi connectivity index (χ2v) is 7.62. The van der Waals surface area contributed by atoms with Gasteiger partial charge >= 0.3 is 0 Å². The maximum atomic E-state index is 12.4. The van der Waals surface area contributed by atoms with Crippen molar-refractivity contribution < 1.29 is 24.0 Å². The summed E-state index contributed by atoms with van der Waals surface area (Å²) in [7, 11) is 4.82. The Morgan fingerprint density at radius 2 is 1.96 bits per heavy atom. The summed E-state index contributed by atoms with van der Waals surface area (Å²) in [6.07, 6.45) is 0.843. The molecule has 3 rings (SSSR count). The minimum atomic E-state index is -0.209. The Morgan fingerprint density at radius 1 is 1.21 bits per heavy atom. The smallest absolute Gasteiger partial charge is 0.275 e. The summed E-state index contributed by atoms with van der Waals surface area (Å²) in [5.41, 5.74) is 2.37. The van der Waals surface area contributed by atoms with Crippen molar-refractivity contribution in [2.75, 3.05) is 40.9 Å². The molecule has 2 atom stereocenters. The molecular formula is C20H26N3O4S+. The highest BCUT2D eigenvalue weighted by atomic mass is 32.1. The fourth-order valence-electron chi connectivity index (χ4n) is 3.62. The van der Waals surface area contributed by atoms with Crippen molar-refractivity contribution in [1.29, 1.82) is 0 Å². The molecule has 0 fully saturated rings. The number of carbonyl (C=O) groups is 2. The van der Waals surface area contributed by atoms with E-state index in [1.54, 1.807) is 32.6 Å².